The molecular formula is C8H10N6OS. The van der Waals surface area contributed by atoms with E-state index >= 15 is 0 Å². The minimum Gasteiger partial charge on any atom is -0.481 e. The maximum absolute atomic E-state index is 5.79. The van der Waals surface area contributed by atoms with Crippen LogP contribution in [-0.4, -0.2) is 32.3 Å². The van der Waals surface area contributed by atoms with Gasteiger partial charge < -0.3 is 10.5 Å². The minimum atomic E-state index is 0.506. The number of pyridine rings is 1. The van der Waals surface area contributed by atoms with Crippen LogP contribution < -0.4 is 10.5 Å². The quantitative estimate of drug-likeness (QED) is 0.824. The van der Waals surface area contributed by atoms with E-state index < -0.39 is 0 Å². The van der Waals surface area contributed by atoms with Crippen LogP contribution in [0, 0.1) is 0 Å². The third-order valence-corrected chi connectivity index (χ3v) is 2.89. The first-order valence-corrected chi connectivity index (χ1v) is 5.23. The number of hydrogen-bond donors (Lipinski definition) is 1. The first-order valence-electron chi connectivity index (χ1n) is 4.41. The molecule has 7 nitrogen and oxygen atoms in total. The zero-order chi connectivity index (χ0) is 11.5. The van der Waals surface area contributed by atoms with Crippen molar-refractivity contribution < 1.29 is 4.74 Å². The Morgan fingerprint density at radius 2 is 2.25 bits per heavy atom. The summed E-state index contributed by atoms with van der Waals surface area (Å²) in [6.45, 7) is 0. The second-order valence-corrected chi connectivity index (χ2v) is 3.89. The summed E-state index contributed by atoms with van der Waals surface area (Å²) in [5.74, 6) is 0.506. The van der Waals surface area contributed by atoms with E-state index in [2.05, 4.69) is 20.5 Å². The summed E-state index contributed by atoms with van der Waals surface area (Å²) in [4.78, 5) is 4.21. The number of nitrogens with zero attached hydrogens (tertiary/aromatic N) is 5. The van der Waals surface area contributed by atoms with Crippen LogP contribution in [-0.2, 0) is 7.05 Å². The summed E-state index contributed by atoms with van der Waals surface area (Å²) in [6, 6.07) is 3.44. The third kappa shape index (κ3) is 2.06. The van der Waals surface area contributed by atoms with Crippen molar-refractivity contribution in [2.45, 2.75) is 10.2 Å². The van der Waals surface area contributed by atoms with Gasteiger partial charge in [0, 0.05) is 13.1 Å². The van der Waals surface area contributed by atoms with Crippen LogP contribution in [0.5, 0.6) is 5.88 Å². The highest BCUT2D eigenvalue weighted by atomic mass is 32.2. The van der Waals surface area contributed by atoms with Gasteiger partial charge in [-0.05, 0) is 28.3 Å². The molecule has 0 saturated carbocycles. The predicted molar refractivity (Wildman–Crippen MR) is 58.1 cm³/mol. The average Bonchev–Trinajstić information content (AvgIpc) is 2.68. The van der Waals surface area contributed by atoms with Crippen molar-refractivity contribution in [3.63, 3.8) is 0 Å². The van der Waals surface area contributed by atoms with Crippen LogP contribution in [0.15, 0.2) is 22.3 Å². The molecule has 0 aliphatic heterocycles. The van der Waals surface area contributed by atoms with E-state index in [9.17, 15) is 0 Å². The normalized spacial score (nSPS) is 10.4. The van der Waals surface area contributed by atoms with Gasteiger partial charge in [-0.1, -0.05) is 0 Å². The molecule has 0 saturated heterocycles. The summed E-state index contributed by atoms with van der Waals surface area (Å²) in [7, 11) is 3.30. The molecule has 0 aliphatic carbocycles. The van der Waals surface area contributed by atoms with Crippen molar-refractivity contribution in [2.75, 3.05) is 12.8 Å². The Balaban J connectivity index is 2.30. The molecular weight excluding hydrogens is 228 g/mol. The highest BCUT2D eigenvalue weighted by Crippen LogP contribution is 2.29. The lowest BCUT2D eigenvalue weighted by atomic mass is 10.4. The van der Waals surface area contributed by atoms with Crippen LogP contribution in [0.4, 0.5) is 5.69 Å². The van der Waals surface area contributed by atoms with Gasteiger partial charge in [0.15, 0.2) is 0 Å². The minimum absolute atomic E-state index is 0.506. The van der Waals surface area contributed by atoms with E-state index in [1.54, 1.807) is 31.0 Å². The number of aromatic nitrogens is 5. The van der Waals surface area contributed by atoms with Crippen LogP contribution in [0.25, 0.3) is 0 Å². The molecule has 0 fully saturated rings. The number of anilines is 1. The SMILES string of the molecule is COc1ccc(N)c(Sc2nnnn2C)n1. The number of tetrazole rings is 1. The standard InChI is InChI=1S/C8H10N6OS/c1-14-8(11-12-13-14)16-7-5(9)3-4-6(10-7)15-2/h3-4H,9H2,1-2H3. The third-order valence-electron chi connectivity index (χ3n) is 1.84. The van der Waals surface area contributed by atoms with E-state index in [0.717, 1.165) is 0 Å². The van der Waals surface area contributed by atoms with E-state index in [1.165, 1.54) is 11.8 Å². The molecule has 0 aromatic carbocycles. The smallest absolute Gasteiger partial charge is 0.215 e. The van der Waals surface area contributed by atoms with Crippen molar-refractivity contribution in [1.82, 2.24) is 25.2 Å². The molecule has 0 bridgehead atoms. The summed E-state index contributed by atoms with van der Waals surface area (Å²) < 4.78 is 6.57. The first-order chi connectivity index (χ1) is 7.70. The molecule has 2 rings (SSSR count). The van der Waals surface area contributed by atoms with E-state index in [4.69, 9.17) is 10.5 Å². The van der Waals surface area contributed by atoms with Gasteiger partial charge >= 0.3 is 0 Å². The number of rotatable bonds is 3. The zero-order valence-corrected chi connectivity index (χ0v) is 9.60. The number of nitrogen functional groups attached to an aromatic ring is 1. The Morgan fingerprint density at radius 1 is 1.44 bits per heavy atom. The zero-order valence-electron chi connectivity index (χ0n) is 8.78. The van der Waals surface area contributed by atoms with Gasteiger partial charge in [0.05, 0.1) is 12.8 Å². The highest BCUT2D eigenvalue weighted by molar-refractivity contribution is 7.99. The molecule has 0 aliphatic rings. The second-order valence-electron chi connectivity index (χ2n) is 2.94. The number of aryl methyl sites for hydroxylation is 1. The lowest BCUT2D eigenvalue weighted by molar-refractivity contribution is 0.395. The summed E-state index contributed by atoms with van der Waals surface area (Å²) in [5, 5.41) is 12.3. The van der Waals surface area contributed by atoms with Gasteiger partial charge in [-0.25, -0.2) is 9.67 Å². The molecule has 2 heterocycles. The fourth-order valence-corrected chi connectivity index (χ4v) is 1.76. The number of methoxy groups -OCH3 is 1. The molecule has 0 spiro atoms. The predicted octanol–water partition coefficient (Wildman–Crippen LogP) is 0.347. The second kappa shape index (κ2) is 4.35. The Hall–Kier alpha value is -1.83. The van der Waals surface area contributed by atoms with Crippen LogP contribution >= 0.6 is 11.8 Å². The summed E-state index contributed by atoms with van der Waals surface area (Å²) >= 11 is 1.29. The van der Waals surface area contributed by atoms with E-state index in [1.807, 2.05) is 0 Å². The van der Waals surface area contributed by atoms with Gasteiger partial charge in [0.25, 0.3) is 0 Å². The van der Waals surface area contributed by atoms with Crippen molar-refractivity contribution in [3.8, 4) is 5.88 Å². The largest absolute Gasteiger partial charge is 0.481 e. The maximum Gasteiger partial charge on any atom is 0.215 e. The Morgan fingerprint density at radius 3 is 2.88 bits per heavy atom. The molecule has 16 heavy (non-hydrogen) atoms. The molecule has 0 amide bonds. The Kier molecular flexibility index (Phi) is 2.91. The highest BCUT2D eigenvalue weighted by Gasteiger charge is 2.10. The molecule has 8 heteroatoms. The van der Waals surface area contributed by atoms with Gasteiger partial charge in [0.2, 0.25) is 11.0 Å². The van der Waals surface area contributed by atoms with Crippen molar-refractivity contribution >= 4 is 17.4 Å². The Bertz CT molecular complexity index is 499. The van der Waals surface area contributed by atoms with Crippen molar-refractivity contribution in [2.24, 2.45) is 7.05 Å². The maximum atomic E-state index is 5.79. The van der Waals surface area contributed by atoms with Crippen LogP contribution in [0.2, 0.25) is 0 Å². The molecule has 2 N–H and O–H groups in total. The number of hydrogen-bond acceptors (Lipinski definition) is 7. The van der Waals surface area contributed by atoms with Gasteiger partial charge in [0.1, 0.15) is 5.03 Å². The monoisotopic (exact) mass is 238 g/mol. The topological polar surface area (TPSA) is 91.7 Å². The lowest BCUT2D eigenvalue weighted by Gasteiger charge is -2.05. The molecule has 84 valence electrons. The van der Waals surface area contributed by atoms with Crippen molar-refractivity contribution in [3.05, 3.63) is 12.1 Å². The van der Waals surface area contributed by atoms with Crippen LogP contribution in [0.3, 0.4) is 0 Å². The van der Waals surface area contributed by atoms with Gasteiger partial charge in [-0.3, -0.25) is 0 Å². The number of nitrogens with two attached hydrogens (primary N) is 1. The average molecular weight is 238 g/mol. The number of ether oxygens (including phenoxy) is 1. The fraction of sp³-hybridized carbons (Fsp3) is 0.250. The van der Waals surface area contributed by atoms with Gasteiger partial charge in [-0.15, -0.1) is 5.10 Å². The lowest BCUT2D eigenvalue weighted by Crippen LogP contribution is -1.97. The summed E-state index contributed by atoms with van der Waals surface area (Å²) in [5.41, 5.74) is 6.36. The fourth-order valence-electron chi connectivity index (χ4n) is 1.02. The molecule has 0 unspecified atom stereocenters. The molecule has 2 aromatic heterocycles. The first kappa shape index (κ1) is 10.7. The molecule has 2 aromatic rings. The van der Waals surface area contributed by atoms with E-state index in [0.29, 0.717) is 21.7 Å². The van der Waals surface area contributed by atoms with Gasteiger partial charge in [-0.2, -0.15) is 0 Å². The molecule has 0 radical (unpaired) electrons. The molecule has 0 atom stereocenters. The van der Waals surface area contributed by atoms with E-state index in [-0.39, 0.29) is 0 Å². The Labute approximate surface area is 96.0 Å². The summed E-state index contributed by atoms with van der Waals surface area (Å²) in [6.07, 6.45) is 0. The van der Waals surface area contributed by atoms with Crippen LogP contribution in [0.1, 0.15) is 0 Å². The van der Waals surface area contributed by atoms with Crippen molar-refractivity contribution in [1.29, 1.82) is 0 Å².